The van der Waals surface area contributed by atoms with Crippen molar-refractivity contribution < 1.29 is 53.4 Å². The number of hydrogen-bond acceptors (Lipinski definition) is 12. The lowest BCUT2D eigenvalue weighted by atomic mass is 10.0. The number of guanidine groups is 1. The predicted octanol–water partition coefficient (Wildman–Crippen LogP) is -1.65. The molecule has 0 radical (unpaired) electrons. The molecule has 23 nitrogen and oxygen atoms in total. The molecule has 0 spiro atoms. The van der Waals surface area contributed by atoms with Crippen LogP contribution in [0.1, 0.15) is 105 Å². The van der Waals surface area contributed by atoms with E-state index in [0.717, 1.165) is 5.56 Å². The third kappa shape index (κ3) is 18.7. The number of amides is 8. The van der Waals surface area contributed by atoms with Gasteiger partial charge in [-0.05, 0) is 88.0 Å². The van der Waals surface area contributed by atoms with Crippen LogP contribution in [0.25, 0.3) is 0 Å². The van der Waals surface area contributed by atoms with Crippen LogP contribution in [-0.2, 0) is 49.6 Å². The SMILES string of the molecule is CC(C)C[C@H](NC(=O)[C@@H](N)Cc1ccccc1)C(=O)N[C@H](C(=O)N1CCC[C@H]1C(=O)N[C@@H](CC(C)C)C(=O)NCC(=O)N1CCC[C@H]1C(=O)N[C@@H](CCCN=C(N)N)C(=O)N[C@H](C(=O)O)C(C)C)[C@@H](C)O. The molecule has 0 saturated carbocycles. The number of carboxylic acids is 1. The molecule has 9 atom stereocenters. The summed E-state index contributed by atoms with van der Waals surface area (Å²) in [4.78, 5) is 128. The predicted molar refractivity (Wildman–Crippen MR) is 263 cm³/mol. The highest BCUT2D eigenvalue weighted by atomic mass is 16.4. The number of rotatable bonds is 27. The Morgan fingerprint density at radius 1 is 0.690 bits per heavy atom. The van der Waals surface area contributed by atoms with Gasteiger partial charge in [-0.2, -0.15) is 0 Å². The van der Waals surface area contributed by atoms with E-state index in [9.17, 15) is 53.4 Å². The number of aliphatic hydroxyl groups is 1. The minimum Gasteiger partial charge on any atom is -0.480 e. The van der Waals surface area contributed by atoms with Crippen molar-refractivity contribution in [2.24, 2.45) is 39.9 Å². The van der Waals surface area contributed by atoms with Crippen LogP contribution in [0.2, 0.25) is 0 Å². The van der Waals surface area contributed by atoms with Gasteiger partial charge in [0.15, 0.2) is 5.96 Å². The summed E-state index contributed by atoms with van der Waals surface area (Å²) in [6.45, 7) is 11.8. The molecule has 2 fully saturated rings. The molecule has 0 aromatic heterocycles. The van der Waals surface area contributed by atoms with Crippen molar-refractivity contribution in [2.45, 2.75) is 161 Å². The summed E-state index contributed by atoms with van der Waals surface area (Å²) >= 11 is 0. The number of aliphatic hydroxyl groups excluding tert-OH is 1. The molecule has 2 aliphatic heterocycles. The molecule has 2 aliphatic rings. The van der Waals surface area contributed by atoms with Crippen LogP contribution in [0.4, 0.5) is 0 Å². The van der Waals surface area contributed by atoms with Gasteiger partial charge in [-0.1, -0.05) is 71.9 Å². The zero-order chi connectivity index (χ0) is 53.1. The third-order valence-electron chi connectivity index (χ3n) is 12.3. The van der Waals surface area contributed by atoms with Gasteiger partial charge >= 0.3 is 5.97 Å². The quantitative estimate of drug-likeness (QED) is 0.0267. The van der Waals surface area contributed by atoms with Gasteiger partial charge in [0.2, 0.25) is 47.3 Å². The van der Waals surface area contributed by atoms with E-state index < -0.39 is 120 Å². The first kappa shape index (κ1) is 59.0. The second kappa shape index (κ2) is 28.5. The largest absolute Gasteiger partial charge is 0.480 e. The Morgan fingerprint density at radius 2 is 1.21 bits per heavy atom. The minimum absolute atomic E-state index is 0.0505. The first-order valence-corrected chi connectivity index (χ1v) is 24.6. The van der Waals surface area contributed by atoms with Crippen LogP contribution in [0.5, 0.6) is 0 Å². The first-order chi connectivity index (χ1) is 33.4. The molecule has 23 heteroatoms. The summed E-state index contributed by atoms with van der Waals surface area (Å²) in [6.07, 6.45) is 0.779. The molecule has 0 bridgehead atoms. The van der Waals surface area contributed by atoms with Crippen molar-refractivity contribution in [1.29, 1.82) is 0 Å². The number of carbonyl (C=O) groups excluding carboxylic acids is 8. The van der Waals surface area contributed by atoms with E-state index in [0.29, 0.717) is 12.8 Å². The molecule has 14 N–H and O–H groups in total. The van der Waals surface area contributed by atoms with Crippen LogP contribution in [0.15, 0.2) is 35.3 Å². The van der Waals surface area contributed by atoms with Gasteiger partial charge in [0.05, 0.1) is 18.7 Å². The molecule has 1 aromatic rings. The van der Waals surface area contributed by atoms with E-state index in [1.165, 1.54) is 16.7 Å². The van der Waals surface area contributed by atoms with Gasteiger partial charge in [-0.15, -0.1) is 0 Å². The molecule has 2 saturated heterocycles. The number of hydrogen-bond donors (Lipinski definition) is 11. The first-order valence-electron chi connectivity index (χ1n) is 24.6. The van der Waals surface area contributed by atoms with E-state index in [4.69, 9.17) is 17.2 Å². The van der Waals surface area contributed by atoms with Crippen LogP contribution in [0, 0.1) is 17.8 Å². The van der Waals surface area contributed by atoms with Crippen molar-refractivity contribution in [3.63, 3.8) is 0 Å². The lowest BCUT2D eigenvalue weighted by Gasteiger charge is -2.32. The Hall–Kier alpha value is -6.36. The number of carboxylic acid groups (broad SMARTS) is 1. The van der Waals surface area contributed by atoms with Crippen molar-refractivity contribution in [3.05, 3.63) is 35.9 Å². The lowest BCUT2D eigenvalue weighted by Crippen LogP contribution is -2.61. The number of carbonyl (C=O) groups is 9. The molecule has 71 heavy (non-hydrogen) atoms. The maximum absolute atomic E-state index is 14.1. The summed E-state index contributed by atoms with van der Waals surface area (Å²) < 4.78 is 0. The van der Waals surface area contributed by atoms with Gasteiger partial charge in [0.1, 0.15) is 42.3 Å². The number of nitrogens with one attached hydrogen (secondary N) is 6. The molecule has 2 heterocycles. The number of likely N-dealkylation sites (tertiary alicyclic amines) is 2. The highest BCUT2D eigenvalue weighted by Crippen LogP contribution is 2.22. The van der Waals surface area contributed by atoms with E-state index in [1.54, 1.807) is 13.8 Å². The third-order valence-corrected chi connectivity index (χ3v) is 12.3. The second-order valence-corrected chi connectivity index (χ2v) is 19.6. The van der Waals surface area contributed by atoms with Gasteiger partial charge < -0.3 is 69.1 Å². The van der Waals surface area contributed by atoms with Crippen molar-refractivity contribution in [3.8, 4) is 0 Å². The minimum atomic E-state index is -1.49. The van der Waals surface area contributed by atoms with E-state index in [-0.39, 0.29) is 82.4 Å². The average molecular weight is 999 g/mol. The molecule has 396 valence electrons. The Morgan fingerprint density at radius 3 is 1.75 bits per heavy atom. The molecular weight excluding hydrogens is 921 g/mol. The van der Waals surface area contributed by atoms with Gasteiger partial charge in [-0.3, -0.25) is 43.3 Å². The topological polar surface area (TPSA) is 363 Å². The van der Waals surface area contributed by atoms with E-state index >= 15 is 0 Å². The zero-order valence-corrected chi connectivity index (χ0v) is 42.1. The fraction of sp³-hybridized carbons (Fsp3) is 0.667. The van der Waals surface area contributed by atoms with Gasteiger partial charge in [0.25, 0.3) is 0 Å². The summed E-state index contributed by atoms with van der Waals surface area (Å²) in [5.41, 5.74) is 17.9. The van der Waals surface area contributed by atoms with Gasteiger partial charge in [-0.25, -0.2) is 4.79 Å². The summed E-state index contributed by atoms with van der Waals surface area (Å²) in [5.74, 6) is -7.43. The van der Waals surface area contributed by atoms with Crippen LogP contribution in [0.3, 0.4) is 0 Å². The number of nitrogens with two attached hydrogens (primary N) is 3. The Bertz CT molecular complexity index is 2030. The molecule has 1 aromatic carbocycles. The normalized spacial score (nSPS) is 18.6. The number of benzene rings is 1. The van der Waals surface area contributed by atoms with Crippen molar-refractivity contribution in [2.75, 3.05) is 26.2 Å². The summed E-state index contributed by atoms with van der Waals surface area (Å²) in [7, 11) is 0. The number of aliphatic carboxylic acids is 1. The number of nitrogens with zero attached hydrogens (tertiary/aromatic N) is 3. The van der Waals surface area contributed by atoms with Crippen molar-refractivity contribution >= 4 is 59.2 Å². The maximum Gasteiger partial charge on any atom is 0.326 e. The standard InChI is InChI=1S/C48H78N12O11/c1-26(2)22-33(41(64)53-25-37(62)59-20-12-17-35(59)44(67)54-32(16-11-19-52-48(50)51)42(65)57-38(28(5)6)47(70)71)56-45(68)36-18-13-21-60(36)46(69)39(29(7)61)58-43(66)34(23-27(3)4)55-40(63)31(49)24-30-14-9-8-10-15-30/h8-10,14-15,26-29,31-36,38-39,61H,11-13,16-25,49H2,1-7H3,(H,53,64)(H,54,67)(H,55,63)(H,56,68)(H,57,65)(H,58,66)(H,70,71)(H4,50,51,52)/t29-,31+,32+,33+,34+,35+,36+,38+,39+/m1/s1. The highest BCUT2D eigenvalue weighted by molar-refractivity contribution is 5.98. The maximum atomic E-state index is 14.1. The summed E-state index contributed by atoms with van der Waals surface area (Å²) in [6, 6.07) is -0.0690. The Balaban J connectivity index is 1.68. The van der Waals surface area contributed by atoms with Gasteiger partial charge in [0, 0.05) is 19.6 Å². The smallest absolute Gasteiger partial charge is 0.326 e. The van der Waals surface area contributed by atoms with E-state index in [1.807, 2.05) is 58.0 Å². The lowest BCUT2D eigenvalue weighted by molar-refractivity contribution is -0.145. The fourth-order valence-electron chi connectivity index (χ4n) is 8.57. The molecular formula is C48H78N12O11. The molecule has 0 unspecified atom stereocenters. The number of aliphatic imine (C=N–C) groups is 1. The highest BCUT2D eigenvalue weighted by Gasteiger charge is 2.42. The molecule has 3 rings (SSSR count). The average Bonchev–Trinajstić information content (AvgIpc) is 4.00. The van der Waals surface area contributed by atoms with Crippen LogP contribution in [-0.4, -0.2) is 160 Å². The molecule has 0 aliphatic carbocycles. The summed E-state index contributed by atoms with van der Waals surface area (Å²) in [5, 5.41) is 36.2. The second-order valence-electron chi connectivity index (χ2n) is 19.6. The van der Waals surface area contributed by atoms with Crippen LogP contribution < -0.4 is 49.1 Å². The van der Waals surface area contributed by atoms with Crippen molar-refractivity contribution in [1.82, 2.24) is 41.7 Å². The Kier molecular flexibility index (Phi) is 23.6. The Labute approximate surface area is 416 Å². The monoisotopic (exact) mass is 999 g/mol. The molecule has 8 amide bonds. The fourth-order valence-corrected chi connectivity index (χ4v) is 8.57. The zero-order valence-electron chi connectivity index (χ0n) is 42.1. The van der Waals surface area contributed by atoms with Crippen LogP contribution >= 0.6 is 0 Å². The van der Waals surface area contributed by atoms with E-state index in [2.05, 4.69) is 36.9 Å².